The standard InChI is InChI=1S/C35H38ClF2N7O2.C34H38ClF2N7O2.C33H36ClF2N7O2/c1-23(37)33(46)45-18-17-43(20-25(45)19-39-2)32-26-11-16-42(29-8-5-7-24-9-10-27(38)31(36)30(24)29)21-28(26)40-34(41-32)47-22-35-12-3-4-14-44(35)15-6-13-35;1-21(2)41-13-6-8-25(19-41)46-34-39-28-20-42(29-9-5-7-23-10-11-27(37)31(35)30(23)29)14-12-26(28)32(40-34)43-15-16-44(33(45)22(3)36)24(18-43)17-38-4;1-20(35)32(44)43-16-15-42(18-22(43)17-37-2)31-23-13-14-41(27-9-5-7-21-11-12-24(36)30(34)29(21)27)19-25(23)38-33(39-31)45-28-10-6-8-26(28)40(3)4/h5,7-10,25H,1,3-4,6,11-22H2;5,7,9-11,21,24-25H,3,6,8,12-20H2,1-2H3;5,7,9,11-12,22,26,28H,1,6,8,10,13-19H2,3-4H3/t25-,35?;24-,25?;22-,26-,28-/m000/s1. The Morgan fingerprint density at radius 2 is 0.862 bits per heavy atom. The van der Waals surface area contributed by atoms with Crippen LogP contribution >= 0.6 is 34.8 Å². The summed E-state index contributed by atoms with van der Waals surface area (Å²) >= 11 is 19.5. The van der Waals surface area contributed by atoms with E-state index in [-0.39, 0.29) is 90.1 Å². The minimum atomic E-state index is -1.03. The van der Waals surface area contributed by atoms with Crippen LogP contribution in [0.1, 0.15) is 112 Å². The highest BCUT2D eigenvalue weighted by Gasteiger charge is 2.46. The average Bonchev–Trinajstić information content (AvgIpc) is 1.04. The van der Waals surface area contributed by atoms with E-state index in [1.807, 2.05) is 68.7 Å². The Kier molecular flexibility index (Phi) is 30.0. The second-order valence-electron chi connectivity index (χ2n) is 37.7. The molecule has 12 heterocycles. The summed E-state index contributed by atoms with van der Waals surface area (Å²) in [6, 6.07) is 26.7. The van der Waals surface area contributed by atoms with E-state index in [0.29, 0.717) is 144 Å². The van der Waals surface area contributed by atoms with Crippen molar-refractivity contribution in [1.29, 1.82) is 0 Å². The first-order valence-corrected chi connectivity index (χ1v) is 48.6. The smallest absolute Gasteiger partial charge is 0.319 e. The number of hydrogen-bond acceptors (Lipinski definition) is 21. The highest BCUT2D eigenvalue weighted by Crippen LogP contribution is 2.46. The van der Waals surface area contributed by atoms with Gasteiger partial charge in [-0.2, -0.15) is 29.9 Å². The van der Waals surface area contributed by atoms with E-state index in [1.54, 1.807) is 18.2 Å². The molecule has 6 aromatic carbocycles. The number of rotatable bonds is 21. The highest BCUT2D eigenvalue weighted by atomic mass is 35.5. The summed E-state index contributed by atoms with van der Waals surface area (Å²) in [5.74, 6) is -4.70. The lowest BCUT2D eigenvalue weighted by molar-refractivity contribution is -0.131. The maximum atomic E-state index is 14.6. The number of likely N-dealkylation sites (N-methyl/N-ethyl adjacent to an activating group) is 1. The number of piperidine rings is 2. The molecular weight excluding hydrogens is 1840 g/mol. The molecule has 7 fully saturated rings. The van der Waals surface area contributed by atoms with E-state index < -0.39 is 70.8 Å². The molecule has 9 aromatic rings. The minimum absolute atomic E-state index is 0.00500. The molecule has 724 valence electrons. The molecule has 0 spiro atoms. The number of aromatic nitrogens is 6. The van der Waals surface area contributed by atoms with Gasteiger partial charge in [0, 0.05) is 147 Å². The van der Waals surface area contributed by atoms with E-state index in [4.69, 9.17) is 98.6 Å². The van der Waals surface area contributed by atoms with Gasteiger partial charge < -0.3 is 77.7 Å². The van der Waals surface area contributed by atoms with Crippen LogP contribution in [0.15, 0.2) is 128 Å². The Morgan fingerprint density at radius 1 is 0.464 bits per heavy atom. The van der Waals surface area contributed by atoms with Crippen LogP contribution in [0.3, 0.4) is 0 Å². The van der Waals surface area contributed by atoms with Gasteiger partial charge in [0.1, 0.15) is 71.8 Å². The Balaban J connectivity index is 0.000000143. The number of likely N-dealkylation sites (tertiary alicyclic amines) is 1. The van der Waals surface area contributed by atoms with Crippen LogP contribution in [0, 0.1) is 37.2 Å². The summed E-state index contributed by atoms with van der Waals surface area (Å²) < 4.78 is 105. The van der Waals surface area contributed by atoms with Gasteiger partial charge in [-0.25, -0.2) is 46.1 Å². The van der Waals surface area contributed by atoms with Crippen LogP contribution < -0.4 is 43.6 Å². The number of halogens is 9. The van der Waals surface area contributed by atoms with Gasteiger partial charge in [0.25, 0.3) is 17.7 Å². The Hall–Kier alpha value is -12.0. The second kappa shape index (κ2) is 42.3. The van der Waals surface area contributed by atoms with Crippen molar-refractivity contribution in [2.24, 2.45) is 0 Å². The maximum absolute atomic E-state index is 14.6. The summed E-state index contributed by atoms with van der Waals surface area (Å²) in [4.78, 5) is 102. The lowest BCUT2D eigenvalue weighted by Gasteiger charge is -2.42. The molecule has 27 nitrogen and oxygen atoms in total. The summed E-state index contributed by atoms with van der Waals surface area (Å²) in [6.07, 6.45) is 12.3. The molecule has 3 aromatic heterocycles. The number of carbonyl (C=O) groups excluding carboxylic acids is 3. The van der Waals surface area contributed by atoms with Crippen molar-refractivity contribution in [1.82, 2.24) is 59.3 Å². The van der Waals surface area contributed by atoms with Crippen molar-refractivity contribution in [2.45, 2.75) is 165 Å². The molecule has 0 radical (unpaired) electrons. The number of fused-ring (bicyclic) bond motifs is 7. The Labute approximate surface area is 815 Å². The van der Waals surface area contributed by atoms with Gasteiger partial charge in [-0.15, -0.1) is 0 Å². The zero-order valence-corrected chi connectivity index (χ0v) is 80.3. The lowest BCUT2D eigenvalue weighted by Crippen LogP contribution is -2.57. The summed E-state index contributed by atoms with van der Waals surface area (Å²) in [5, 5.41) is 4.81. The first-order chi connectivity index (χ1) is 66.6. The normalized spacial score (nSPS) is 21.7. The molecule has 19 rings (SSSR count). The number of nitrogens with zero attached hydrogens (tertiary/aromatic N) is 21. The van der Waals surface area contributed by atoms with Crippen molar-refractivity contribution < 1.29 is 54.9 Å². The summed E-state index contributed by atoms with van der Waals surface area (Å²) in [5.41, 5.74) is 7.77. The van der Waals surface area contributed by atoms with E-state index >= 15 is 0 Å². The molecule has 36 heteroatoms. The fourth-order valence-corrected chi connectivity index (χ4v) is 22.7. The zero-order valence-electron chi connectivity index (χ0n) is 78.0. The SMILES string of the molecule is [C-]#[N+]C[C@H]1CN(c2nc(OC3CCCN(C(C)C)C3)nc3c2CCN(c2cccc4ccc(F)c(Cl)c24)C3)CCN1C(=O)C(=C)F.[C-]#[N+]C[C@H]1CN(c2nc(OCC34CCCCN3CCC4)nc3c2CCN(c2cccc4ccc(F)c(Cl)c24)C3)CCN1C(=O)C(=C)F.[C-]#[N+]C[C@H]1CN(c2nc(O[C@H]3CCC[C@@H]3N(C)C)nc3c2CCN(c2cccc4ccc(F)c(Cl)c24)C3)CCN1C(=O)C(=C)F. The molecule has 0 N–H and O–H groups in total. The van der Waals surface area contributed by atoms with Crippen LogP contribution in [0.4, 0.5) is 60.9 Å². The third-order valence-corrected chi connectivity index (χ3v) is 30.0. The number of piperazine rings is 3. The van der Waals surface area contributed by atoms with Crippen molar-refractivity contribution >= 4 is 119 Å². The lowest BCUT2D eigenvalue weighted by atomic mass is 9.87. The fourth-order valence-electron chi connectivity index (χ4n) is 21.9. The quantitative estimate of drug-likeness (QED) is 0.0372. The monoisotopic (exact) mass is 1950 g/mol. The number of carbonyl (C=O) groups is 3. The first-order valence-electron chi connectivity index (χ1n) is 47.4. The highest BCUT2D eigenvalue weighted by molar-refractivity contribution is 6.38. The van der Waals surface area contributed by atoms with Gasteiger partial charge in [-0.1, -0.05) is 116 Å². The average molecular weight is 1950 g/mol. The van der Waals surface area contributed by atoms with Gasteiger partial charge >= 0.3 is 18.0 Å². The maximum Gasteiger partial charge on any atom is 0.319 e. The van der Waals surface area contributed by atoms with E-state index in [1.165, 1.54) is 45.7 Å². The predicted octanol–water partition coefficient (Wildman–Crippen LogP) is 16.7. The minimum Gasteiger partial charge on any atom is -0.461 e. The molecule has 3 amide bonds. The third-order valence-electron chi connectivity index (χ3n) is 28.8. The number of anilines is 6. The molecule has 138 heavy (non-hydrogen) atoms. The Bertz CT molecular complexity index is 6320. The fraction of sp³-hybridized carbons (Fsp3) is 0.471. The number of amides is 3. The predicted molar refractivity (Wildman–Crippen MR) is 524 cm³/mol. The van der Waals surface area contributed by atoms with Gasteiger partial charge in [0.2, 0.25) is 19.6 Å². The van der Waals surface area contributed by atoms with Gasteiger partial charge in [-0.3, -0.25) is 24.2 Å². The molecule has 7 atom stereocenters. The van der Waals surface area contributed by atoms with Crippen molar-refractivity contribution in [3.05, 3.63) is 229 Å². The molecule has 9 aliphatic heterocycles. The van der Waals surface area contributed by atoms with Crippen molar-refractivity contribution in [2.75, 3.05) is 174 Å². The summed E-state index contributed by atoms with van der Waals surface area (Å²) in [7, 11) is 4.09. The van der Waals surface area contributed by atoms with Crippen LogP contribution in [0.2, 0.25) is 15.1 Å². The van der Waals surface area contributed by atoms with Gasteiger partial charge in [-0.05, 0) is 177 Å². The number of benzene rings is 6. The molecule has 1 saturated carbocycles. The van der Waals surface area contributed by atoms with Gasteiger partial charge in [0.05, 0.1) is 57.3 Å². The van der Waals surface area contributed by atoms with Crippen LogP contribution in [0.5, 0.6) is 18.0 Å². The number of hydrogen-bond donors (Lipinski definition) is 0. The zero-order chi connectivity index (χ0) is 97.1. The van der Waals surface area contributed by atoms with Crippen LogP contribution in [-0.4, -0.2) is 270 Å². The van der Waals surface area contributed by atoms with Crippen molar-refractivity contribution in [3.8, 4) is 18.0 Å². The van der Waals surface area contributed by atoms with E-state index in [9.17, 15) is 40.7 Å². The Morgan fingerprint density at radius 3 is 1.27 bits per heavy atom. The molecule has 6 saturated heterocycles. The van der Waals surface area contributed by atoms with E-state index in [2.05, 4.69) is 92.2 Å². The molecule has 10 aliphatic rings. The topological polar surface area (TPSA) is 208 Å². The molecular formula is C102H112Cl3F6N21O6. The van der Waals surface area contributed by atoms with Crippen LogP contribution in [0.25, 0.3) is 46.9 Å². The first kappa shape index (κ1) is 97.6. The van der Waals surface area contributed by atoms with Gasteiger partial charge in [0.15, 0.2) is 17.5 Å². The third kappa shape index (κ3) is 20.4. The van der Waals surface area contributed by atoms with Crippen LogP contribution in [-0.2, 0) is 53.3 Å². The largest absolute Gasteiger partial charge is 0.461 e. The summed E-state index contributed by atoms with van der Waals surface area (Å²) in [6.45, 7) is 47.0. The van der Waals surface area contributed by atoms with E-state index in [0.717, 1.165) is 150 Å². The number of ether oxygens (including phenoxy) is 3. The second-order valence-corrected chi connectivity index (χ2v) is 38.8. The van der Waals surface area contributed by atoms with Crippen molar-refractivity contribution in [3.63, 3.8) is 0 Å². The molecule has 0 bridgehead atoms. The molecule has 2 unspecified atom stereocenters. The molecule has 1 aliphatic carbocycles.